The van der Waals surface area contributed by atoms with Gasteiger partial charge in [-0.2, -0.15) is 0 Å². The third-order valence-corrected chi connectivity index (χ3v) is 5.12. The number of hydrogen-bond donors (Lipinski definition) is 0. The Morgan fingerprint density at radius 3 is 2.41 bits per heavy atom. The zero-order chi connectivity index (χ0) is 19.2. The first-order valence-corrected chi connectivity index (χ1v) is 10.0. The van der Waals surface area contributed by atoms with Gasteiger partial charge in [-0.05, 0) is 67.9 Å². The molecule has 140 valence electrons. The van der Waals surface area contributed by atoms with E-state index in [0.29, 0.717) is 18.1 Å². The third kappa shape index (κ3) is 4.80. The van der Waals surface area contributed by atoms with Crippen molar-refractivity contribution < 1.29 is 9.53 Å². The van der Waals surface area contributed by atoms with Crippen LogP contribution in [0.1, 0.15) is 31.4 Å². The van der Waals surface area contributed by atoms with Crippen molar-refractivity contribution in [1.29, 1.82) is 0 Å². The van der Waals surface area contributed by atoms with Gasteiger partial charge in [0.2, 0.25) is 0 Å². The predicted molar refractivity (Wildman–Crippen MR) is 113 cm³/mol. The zero-order valence-electron chi connectivity index (χ0n) is 15.9. The first-order chi connectivity index (χ1) is 13.1. The van der Waals surface area contributed by atoms with Gasteiger partial charge in [-0.25, -0.2) is 4.99 Å². The molecule has 0 aromatic heterocycles. The average molecular weight is 381 g/mol. The summed E-state index contributed by atoms with van der Waals surface area (Å²) in [5.74, 6) is 0.848. The van der Waals surface area contributed by atoms with Crippen molar-refractivity contribution in [3.05, 3.63) is 64.6 Å². The first kappa shape index (κ1) is 19.2. The number of hydrogen-bond acceptors (Lipinski definition) is 4. The van der Waals surface area contributed by atoms with E-state index in [1.807, 2.05) is 68.5 Å². The van der Waals surface area contributed by atoms with Gasteiger partial charge in [-0.3, -0.25) is 9.69 Å². The summed E-state index contributed by atoms with van der Waals surface area (Å²) >= 11 is 1.42. The summed E-state index contributed by atoms with van der Waals surface area (Å²) in [6.45, 7) is 7.39. The quantitative estimate of drug-likeness (QED) is 0.630. The van der Waals surface area contributed by atoms with Gasteiger partial charge < -0.3 is 4.74 Å². The number of carbonyl (C=O) groups excluding carboxylic acids is 1. The van der Waals surface area contributed by atoms with Crippen molar-refractivity contribution in [1.82, 2.24) is 4.90 Å². The van der Waals surface area contributed by atoms with Crippen LogP contribution in [0, 0.1) is 6.92 Å². The Bertz CT molecular complexity index is 855. The molecule has 0 bridgehead atoms. The molecule has 0 unspecified atom stereocenters. The molecule has 4 nitrogen and oxygen atoms in total. The van der Waals surface area contributed by atoms with Gasteiger partial charge in [0.05, 0.1) is 17.2 Å². The molecule has 1 heterocycles. The maximum absolute atomic E-state index is 12.7. The number of rotatable bonds is 6. The van der Waals surface area contributed by atoms with Crippen LogP contribution in [0.5, 0.6) is 5.75 Å². The van der Waals surface area contributed by atoms with Gasteiger partial charge in [0.25, 0.3) is 5.91 Å². The molecular formula is C22H24N2O2S. The molecule has 0 N–H and O–H groups in total. The van der Waals surface area contributed by atoms with Crippen LogP contribution in [-0.4, -0.2) is 29.1 Å². The normalized spacial score (nSPS) is 17.1. The number of carbonyl (C=O) groups is 1. The molecule has 1 aliphatic heterocycles. The van der Waals surface area contributed by atoms with E-state index in [-0.39, 0.29) is 5.91 Å². The van der Waals surface area contributed by atoms with Crippen molar-refractivity contribution in [2.75, 3.05) is 13.2 Å². The third-order valence-electron chi connectivity index (χ3n) is 4.11. The van der Waals surface area contributed by atoms with Crippen LogP contribution < -0.4 is 4.74 Å². The van der Waals surface area contributed by atoms with E-state index in [2.05, 4.69) is 11.9 Å². The molecule has 1 fully saturated rings. The highest BCUT2D eigenvalue weighted by atomic mass is 32.2. The summed E-state index contributed by atoms with van der Waals surface area (Å²) in [5, 5.41) is 0.723. The Kier molecular flexibility index (Phi) is 6.35. The Balaban J connectivity index is 1.81. The molecule has 3 rings (SSSR count). The summed E-state index contributed by atoms with van der Waals surface area (Å²) < 4.78 is 5.61. The number of aryl methyl sites for hydroxylation is 1. The number of aliphatic imine (C=N–C) groups is 1. The first-order valence-electron chi connectivity index (χ1n) is 9.20. The fourth-order valence-electron chi connectivity index (χ4n) is 2.63. The number of likely N-dealkylation sites (N-methyl/N-ethyl adjacent to an activating group) is 1. The minimum absolute atomic E-state index is 0.000304. The van der Waals surface area contributed by atoms with Crippen molar-refractivity contribution >= 4 is 34.6 Å². The minimum atomic E-state index is -0.000304. The van der Waals surface area contributed by atoms with Crippen LogP contribution in [0.25, 0.3) is 6.08 Å². The molecule has 0 radical (unpaired) electrons. The average Bonchev–Trinajstić information content (AvgIpc) is 2.97. The lowest BCUT2D eigenvalue weighted by molar-refractivity contribution is -0.122. The van der Waals surface area contributed by atoms with Gasteiger partial charge in [-0.1, -0.05) is 36.8 Å². The summed E-state index contributed by atoms with van der Waals surface area (Å²) in [6, 6.07) is 15.8. The fraction of sp³-hybridized carbons (Fsp3) is 0.273. The molecule has 1 aliphatic rings. The van der Waals surface area contributed by atoms with Gasteiger partial charge in [0, 0.05) is 6.54 Å². The lowest BCUT2D eigenvalue weighted by Crippen LogP contribution is -2.28. The molecule has 0 saturated carbocycles. The zero-order valence-corrected chi connectivity index (χ0v) is 16.8. The SMILES string of the molecule is CCCOc1ccc(/C=C2/SC(=Nc3ccc(C)cc3)N(CC)C2=O)cc1. The number of ether oxygens (including phenoxy) is 1. The Morgan fingerprint density at radius 1 is 1.07 bits per heavy atom. The van der Waals surface area contributed by atoms with E-state index in [1.165, 1.54) is 17.3 Å². The predicted octanol–water partition coefficient (Wildman–Crippen LogP) is 5.41. The summed E-state index contributed by atoms with van der Waals surface area (Å²) in [5.41, 5.74) is 3.02. The Hall–Kier alpha value is -2.53. The molecule has 5 heteroatoms. The monoisotopic (exact) mass is 380 g/mol. The lowest BCUT2D eigenvalue weighted by atomic mass is 10.2. The second-order valence-electron chi connectivity index (χ2n) is 6.31. The van der Waals surface area contributed by atoms with Crippen LogP contribution in [0.4, 0.5) is 5.69 Å². The molecule has 0 spiro atoms. The summed E-state index contributed by atoms with van der Waals surface area (Å²) in [4.78, 5) is 19.8. The number of nitrogens with zero attached hydrogens (tertiary/aromatic N) is 2. The number of benzene rings is 2. The molecule has 0 atom stereocenters. The summed E-state index contributed by atoms with van der Waals surface area (Å²) in [6.07, 6.45) is 2.89. The Morgan fingerprint density at radius 2 is 1.78 bits per heavy atom. The van der Waals surface area contributed by atoms with Gasteiger partial charge in [-0.15, -0.1) is 0 Å². The van der Waals surface area contributed by atoms with Crippen molar-refractivity contribution in [3.63, 3.8) is 0 Å². The van der Waals surface area contributed by atoms with Crippen LogP contribution in [0.3, 0.4) is 0 Å². The molecule has 27 heavy (non-hydrogen) atoms. The van der Waals surface area contributed by atoms with E-state index in [9.17, 15) is 4.79 Å². The van der Waals surface area contributed by atoms with Gasteiger partial charge in [0.1, 0.15) is 5.75 Å². The van der Waals surface area contributed by atoms with Crippen LogP contribution in [0.2, 0.25) is 0 Å². The topological polar surface area (TPSA) is 41.9 Å². The van der Waals surface area contributed by atoms with E-state index >= 15 is 0 Å². The van der Waals surface area contributed by atoms with Gasteiger partial charge >= 0.3 is 0 Å². The van der Waals surface area contributed by atoms with Crippen molar-refractivity contribution in [2.24, 2.45) is 4.99 Å². The molecule has 2 aromatic carbocycles. The maximum Gasteiger partial charge on any atom is 0.266 e. The van der Waals surface area contributed by atoms with Crippen molar-refractivity contribution in [2.45, 2.75) is 27.2 Å². The highest BCUT2D eigenvalue weighted by Crippen LogP contribution is 2.34. The van der Waals surface area contributed by atoms with Crippen LogP contribution in [-0.2, 0) is 4.79 Å². The smallest absolute Gasteiger partial charge is 0.266 e. The second kappa shape index (κ2) is 8.91. The van der Waals surface area contributed by atoms with Crippen LogP contribution in [0.15, 0.2) is 58.4 Å². The lowest BCUT2D eigenvalue weighted by Gasteiger charge is -2.12. The van der Waals surface area contributed by atoms with Crippen molar-refractivity contribution in [3.8, 4) is 5.75 Å². The van der Waals surface area contributed by atoms with E-state index in [1.54, 1.807) is 4.90 Å². The van der Waals surface area contributed by atoms with E-state index < -0.39 is 0 Å². The molecular weight excluding hydrogens is 356 g/mol. The van der Waals surface area contributed by atoms with E-state index in [0.717, 1.165) is 28.6 Å². The van der Waals surface area contributed by atoms with Gasteiger partial charge in [0.15, 0.2) is 5.17 Å². The fourth-order valence-corrected chi connectivity index (χ4v) is 3.69. The maximum atomic E-state index is 12.7. The molecule has 2 aromatic rings. The Labute approximate surface area is 164 Å². The largest absolute Gasteiger partial charge is 0.494 e. The molecule has 1 amide bonds. The highest BCUT2D eigenvalue weighted by Gasteiger charge is 2.32. The number of thioether (sulfide) groups is 1. The number of amidine groups is 1. The molecule has 0 aliphatic carbocycles. The number of amides is 1. The highest BCUT2D eigenvalue weighted by molar-refractivity contribution is 8.18. The van der Waals surface area contributed by atoms with Crippen LogP contribution >= 0.6 is 11.8 Å². The van der Waals surface area contributed by atoms with E-state index in [4.69, 9.17) is 4.74 Å². The molecule has 1 saturated heterocycles. The summed E-state index contributed by atoms with van der Waals surface area (Å²) in [7, 11) is 0. The second-order valence-corrected chi connectivity index (χ2v) is 7.32. The standard InChI is InChI=1S/C22H24N2O2S/c1-4-14-26-19-12-8-17(9-13-19)15-20-21(25)24(5-2)22(27-20)23-18-10-6-16(3)7-11-18/h6-13,15H,4-5,14H2,1-3H3/b20-15+,23-22?. The minimum Gasteiger partial charge on any atom is -0.494 e.